The normalized spacial score (nSPS) is 11.4. The predicted octanol–water partition coefficient (Wildman–Crippen LogP) is 2.37. The molecule has 1 aromatic heterocycles. The average molecular weight is 235 g/mol. The van der Waals surface area contributed by atoms with Crippen molar-refractivity contribution in [3.05, 3.63) is 35.2 Å². The van der Waals surface area contributed by atoms with Crippen molar-refractivity contribution in [3.63, 3.8) is 0 Å². The maximum atomic E-state index is 8.83. The number of aliphatic hydroxyl groups excluding tert-OH is 1. The molecule has 2 aromatic rings. The maximum absolute atomic E-state index is 8.83. The SMILES string of the molecule is CN(CCO)CCc1csc2ccccc12. The molecule has 0 radical (unpaired) electrons. The molecule has 0 spiro atoms. The zero-order valence-corrected chi connectivity index (χ0v) is 10.3. The lowest BCUT2D eigenvalue weighted by molar-refractivity contribution is 0.223. The number of benzene rings is 1. The summed E-state index contributed by atoms with van der Waals surface area (Å²) >= 11 is 1.81. The number of fused-ring (bicyclic) bond motifs is 1. The first kappa shape index (κ1) is 11.6. The average Bonchev–Trinajstić information content (AvgIpc) is 2.70. The Bertz CT molecular complexity index is 452. The number of thiophene rings is 1. The van der Waals surface area contributed by atoms with Crippen LogP contribution in [0, 0.1) is 0 Å². The summed E-state index contributed by atoms with van der Waals surface area (Å²) in [5.41, 5.74) is 1.42. The molecule has 1 N–H and O–H groups in total. The molecule has 86 valence electrons. The number of nitrogens with zero attached hydrogens (tertiary/aromatic N) is 1. The largest absolute Gasteiger partial charge is 0.395 e. The van der Waals surface area contributed by atoms with Crippen molar-refractivity contribution in [2.45, 2.75) is 6.42 Å². The molecule has 0 amide bonds. The fourth-order valence-corrected chi connectivity index (χ4v) is 2.82. The lowest BCUT2D eigenvalue weighted by Crippen LogP contribution is -2.24. The third kappa shape index (κ3) is 2.61. The van der Waals surface area contributed by atoms with Gasteiger partial charge in [0.1, 0.15) is 0 Å². The minimum Gasteiger partial charge on any atom is -0.395 e. The minimum atomic E-state index is 0.237. The van der Waals surface area contributed by atoms with Crippen LogP contribution in [0.3, 0.4) is 0 Å². The molecule has 3 heteroatoms. The van der Waals surface area contributed by atoms with E-state index in [1.807, 2.05) is 18.4 Å². The first-order valence-corrected chi connectivity index (χ1v) is 6.43. The van der Waals surface area contributed by atoms with Crippen LogP contribution in [-0.4, -0.2) is 36.8 Å². The summed E-state index contributed by atoms with van der Waals surface area (Å²) in [6, 6.07) is 8.53. The molecule has 1 aromatic carbocycles. The van der Waals surface area contributed by atoms with E-state index < -0.39 is 0 Å². The number of hydrogen-bond donors (Lipinski definition) is 1. The second-order valence-corrected chi connectivity index (χ2v) is 4.95. The quantitative estimate of drug-likeness (QED) is 0.860. The zero-order valence-electron chi connectivity index (χ0n) is 9.52. The van der Waals surface area contributed by atoms with Gasteiger partial charge in [0, 0.05) is 17.8 Å². The van der Waals surface area contributed by atoms with E-state index in [2.05, 4.69) is 34.5 Å². The summed E-state index contributed by atoms with van der Waals surface area (Å²) < 4.78 is 1.36. The van der Waals surface area contributed by atoms with Crippen LogP contribution in [0.2, 0.25) is 0 Å². The molecule has 16 heavy (non-hydrogen) atoms. The molecular formula is C13H17NOS. The van der Waals surface area contributed by atoms with Gasteiger partial charge in [0.05, 0.1) is 6.61 Å². The van der Waals surface area contributed by atoms with Crippen LogP contribution in [0.25, 0.3) is 10.1 Å². The van der Waals surface area contributed by atoms with Gasteiger partial charge < -0.3 is 10.0 Å². The third-order valence-corrected chi connectivity index (χ3v) is 3.82. The fourth-order valence-electron chi connectivity index (χ4n) is 1.82. The molecule has 0 aliphatic carbocycles. The lowest BCUT2D eigenvalue weighted by Gasteiger charge is -2.14. The molecule has 0 atom stereocenters. The highest BCUT2D eigenvalue weighted by atomic mass is 32.1. The molecule has 0 aliphatic heterocycles. The molecule has 0 fully saturated rings. The van der Waals surface area contributed by atoms with Gasteiger partial charge in [-0.05, 0) is 35.9 Å². The van der Waals surface area contributed by atoms with Gasteiger partial charge in [-0.25, -0.2) is 0 Å². The monoisotopic (exact) mass is 235 g/mol. The number of aliphatic hydroxyl groups is 1. The van der Waals surface area contributed by atoms with Gasteiger partial charge in [-0.3, -0.25) is 0 Å². The molecular weight excluding hydrogens is 218 g/mol. The highest BCUT2D eigenvalue weighted by Gasteiger charge is 2.04. The van der Waals surface area contributed by atoms with Crippen LogP contribution in [0.5, 0.6) is 0 Å². The highest BCUT2D eigenvalue weighted by Crippen LogP contribution is 2.25. The van der Waals surface area contributed by atoms with Crippen molar-refractivity contribution in [2.75, 3.05) is 26.7 Å². The van der Waals surface area contributed by atoms with Crippen LogP contribution in [0.4, 0.5) is 0 Å². The van der Waals surface area contributed by atoms with Crippen LogP contribution in [0.1, 0.15) is 5.56 Å². The van der Waals surface area contributed by atoms with E-state index in [4.69, 9.17) is 5.11 Å². The van der Waals surface area contributed by atoms with Crippen LogP contribution in [-0.2, 0) is 6.42 Å². The maximum Gasteiger partial charge on any atom is 0.0558 e. The Hall–Kier alpha value is -0.900. The Morgan fingerprint density at radius 3 is 2.88 bits per heavy atom. The topological polar surface area (TPSA) is 23.5 Å². The molecule has 0 bridgehead atoms. The number of hydrogen-bond acceptors (Lipinski definition) is 3. The molecule has 2 nitrogen and oxygen atoms in total. The Labute approximate surface area is 100 Å². The minimum absolute atomic E-state index is 0.237. The van der Waals surface area contributed by atoms with Gasteiger partial charge in [-0.2, -0.15) is 0 Å². The second kappa shape index (κ2) is 5.43. The summed E-state index contributed by atoms with van der Waals surface area (Å²) in [6.45, 7) is 1.99. The third-order valence-electron chi connectivity index (χ3n) is 2.81. The van der Waals surface area contributed by atoms with E-state index in [1.165, 1.54) is 15.6 Å². The Morgan fingerprint density at radius 1 is 1.25 bits per heavy atom. The molecule has 1 heterocycles. The molecule has 2 rings (SSSR count). The van der Waals surface area contributed by atoms with Gasteiger partial charge in [0.15, 0.2) is 0 Å². The Morgan fingerprint density at radius 2 is 2.06 bits per heavy atom. The highest BCUT2D eigenvalue weighted by molar-refractivity contribution is 7.17. The van der Waals surface area contributed by atoms with Crippen LogP contribution < -0.4 is 0 Å². The van der Waals surface area contributed by atoms with Crippen molar-refractivity contribution in [1.82, 2.24) is 4.90 Å². The molecule has 0 aliphatic rings. The first-order chi connectivity index (χ1) is 7.81. The number of likely N-dealkylation sites (N-methyl/N-ethyl adjacent to an activating group) is 1. The Balaban J connectivity index is 2.04. The fraction of sp³-hybridized carbons (Fsp3) is 0.385. The van der Waals surface area contributed by atoms with E-state index >= 15 is 0 Å². The van der Waals surface area contributed by atoms with Crippen molar-refractivity contribution in [1.29, 1.82) is 0 Å². The summed E-state index contributed by atoms with van der Waals surface area (Å²) in [4.78, 5) is 2.16. The van der Waals surface area contributed by atoms with Gasteiger partial charge in [-0.15, -0.1) is 11.3 Å². The summed E-state index contributed by atoms with van der Waals surface area (Å²) in [5.74, 6) is 0. The summed E-state index contributed by atoms with van der Waals surface area (Å²) in [6.07, 6.45) is 1.06. The van der Waals surface area contributed by atoms with Gasteiger partial charge in [0.25, 0.3) is 0 Å². The predicted molar refractivity (Wildman–Crippen MR) is 70.1 cm³/mol. The molecule has 0 unspecified atom stereocenters. The number of rotatable bonds is 5. The lowest BCUT2D eigenvalue weighted by atomic mass is 10.1. The van der Waals surface area contributed by atoms with E-state index in [-0.39, 0.29) is 6.61 Å². The van der Waals surface area contributed by atoms with E-state index in [0.29, 0.717) is 0 Å². The van der Waals surface area contributed by atoms with Crippen molar-refractivity contribution >= 4 is 21.4 Å². The van der Waals surface area contributed by atoms with Gasteiger partial charge >= 0.3 is 0 Å². The first-order valence-electron chi connectivity index (χ1n) is 5.56. The van der Waals surface area contributed by atoms with E-state index in [9.17, 15) is 0 Å². The summed E-state index contributed by atoms with van der Waals surface area (Å²) in [5, 5.41) is 12.5. The molecule has 0 saturated carbocycles. The van der Waals surface area contributed by atoms with Crippen molar-refractivity contribution < 1.29 is 5.11 Å². The van der Waals surface area contributed by atoms with Gasteiger partial charge in [0.2, 0.25) is 0 Å². The van der Waals surface area contributed by atoms with Gasteiger partial charge in [-0.1, -0.05) is 18.2 Å². The Kier molecular flexibility index (Phi) is 3.93. The zero-order chi connectivity index (χ0) is 11.4. The van der Waals surface area contributed by atoms with E-state index in [1.54, 1.807) is 0 Å². The second-order valence-electron chi connectivity index (χ2n) is 4.03. The van der Waals surface area contributed by atoms with Crippen molar-refractivity contribution in [3.8, 4) is 0 Å². The van der Waals surface area contributed by atoms with E-state index in [0.717, 1.165) is 19.5 Å². The smallest absolute Gasteiger partial charge is 0.0558 e. The summed E-state index contributed by atoms with van der Waals surface area (Å²) in [7, 11) is 2.05. The van der Waals surface area contributed by atoms with Crippen LogP contribution >= 0.6 is 11.3 Å². The van der Waals surface area contributed by atoms with Crippen LogP contribution in [0.15, 0.2) is 29.6 Å². The molecule has 0 saturated heterocycles. The van der Waals surface area contributed by atoms with Crippen molar-refractivity contribution in [2.24, 2.45) is 0 Å². The standard InChI is InChI=1S/C13H17NOS/c1-14(8-9-15)7-6-11-10-16-13-5-3-2-4-12(11)13/h2-5,10,15H,6-9H2,1H3.